The van der Waals surface area contributed by atoms with E-state index in [1.165, 1.54) is 23.5 Å². The van der Waals surface area contributed by atoms with Crippen molar-refractivity contribution in [2.75, 3.05) is 0 Å². The van der Waals surface area contributed by atoms with E-state index in [1.807, 2.05) is 13.8 Å². The van der Waals surface area contributed by atoms with Crippen molar-refractivity contribution in [1.82, 2.24) is 0 Å². The van der Waals surface area contributed by atoms with Crippen LogP contribution in [-0.4, -0.2) is 31.9 Å². The van der Waals surface area contributed by atoms with E-state index < -0.39 is 11.2 Å². The summed E-state index contributed by atoms with van der Waals surface area (Å²) in [6.45, 7) is 4.01. The maximum atomic E-state index is 11.2. The quantitative estimate of drug-likeness (QED) is 0.802. The summed E-state index contributed by atoms with van der Waals surface area (Å²) < 4.78 is 0.691. The Hall–Kier alpha value is -0.490. The standard InChI is InChI=1S/C8H11NO3S2/c1-4(2)13-8-9-7(12)5(14-8)3-6(10)11/h4-5H,3H2,1-2H3,(H,10,11). The number of nitrogens with zero attached hydrogens (tertiary/aromatic N) is 1. The lowest BCUT2D eigenvalue weighted by Gasteiger charge is -2.04. The Morgan fingerprint density at radius 3 is 2.86 bits per heavy atom. The van der Waals surface area contributed by atoms with Crippen LogP contribution in [0.2, 0.25) is 0 Å². The van der Waals surface area contributed by atoms with Crippen molar-refractivity contribution in [2.24, 2.45) is 4.99 Å². The Bertz CT molecular complexity index is 288. The monoisotopic (exact) mass is 233 g/mol. The molecule has 1 heterocycles. The molecule has 6 heteroatoms. The van der Waals surface area contributed by atoms with Gasteiger partial charge in [-0.3, -0.25) is 9.59 Å². The minimum Gasteiger partial charge on any atom is -0.481 e. The van der Waals surface area contributed by atoms with E-state index in [0.29, 0.717) is 9.63 Å². The van der Waals surface area contributed by atoms with Crippen LogP contribution in [0.5, 0.6) is 0 Å². The van der Waals surface area contributed by atoms with Crippen LogP contribution in [-0.2, 0) is 9.59 Å². The fourth-order valence-electron chi connectivity index (χ4n) is 0.904. The van der Waals surface area contributed by atoms with Crippen LogP contribution in [0.25, 0.3) is 0 Å². The summed E-state index contributed by atoms with van der Waals surface area (Å²) in [5, 5.41) is 8.38. The third-order valence-electron chi connectivity index (χ3n) is 1.42. The molecule has 1 aliphatic rings. The second-order valence-corrected chi connectivity index (χ2v) is 6.10. The van der Waals surface area contributed by atoms with Crippen LogP contribution in [0.3, 0.4) is 0 Å². The Morgan fingerprint density at radius 1 is 1.71 bits per heavy atom. The normalized spacial score (nSPS) is 21.5. The first-order valence-electron chi connectivity index (χ1n) is 4.16. The molecule has 0 fully saturated rings. The number of hydrogen-bond acceptors (Lipinski definition) is 4. The van der Waals surface area contributed by atoms with E-state index in [2.05, 4.69) is 4.99 Å². The van der Waals surface area contributed by atoms with Crippen LogP contribution in [0.15, 0.2) is 4.99 Å². The summed E-state index contributed by atoms with van der Waals surface area (Å²) in [6.07, 6.45) is -0.144. The highest BCUT2D eigenvalue weighted by Gasteiger charge is 2.30. The molecule has 1 rings (SSSR count). The van der Waals surface area contributed by atoms with E-state index >= 15 is 0 Å². The smallest absolute Gasteiger partial charge is 0.305 e. The summed E-state index contributed by atoms with van der Waals surface area (Å²) in [4.78, 5) is 25.4. The number of rotatable bonds is 3. The van der Waals surface area contributed by atoms with Gasteiger partial charge in [0.25, 0.3) is 5.91 Å². The molecule has 0 saturated heterocycles. The number of thioether (sulfide) groups is 2. The van der Waals surface area contributed by atoms with Gasteiger partial charge in [0.05, 0.1) is 6.42 Å². The molecule has 1 unspecified atom stereocenters. The highest BCUT2D eigenvalue weighted by Crippen LogP contribution is 2.32. The molecule has 78 valence electrons. The number of carboxylic acid groups (broad SMARTS) is 1. The summed E-state index contributed by atoms with van der Waals surface area (Å²) >= 11 is 2.75. The lowest BCUT2D eigenvalue weighted by Crippen LogP contribution is -2.15. The molecule has 0 saturated carbocycles. The van der Waals surface area contributed by atoms with E-state index in [0.717, 1.165) is 0 Å². The third-order valence-corrected chi connectivity index (χ3v) is 3.70. The van der Waals surface area contributed by atoms with Gasteiger partial charge in [-0.05, 0) is 0 Å². The molecule has 1 aliphatic heterocycles. The maximum absolute atomic E-state index is 11.2. The fraction of sp³-hybridized carbons (Fsp3) is 0.625. The van der Waals surface area contributed by atoms with Gasteiger partial charge in [0, 0.05) is 5.25 Å². The zero-order valence-electron chi connectivity index (χ0n) is 7.89. The predicted octanol–water partition coefficient (Wildman–Crippen LogP) is 1.60. The first kappa shape index (κ1) is 11.6. The van der Waals surface area contributed by atoms with Gasteiger partial charge in [-0.1, -0.05) is 37.4 Å². The molecule has 0 aliphatic carbocycles. The van der Waals surface area contributed by atoms with E-state index in [-0.39, 0.29) is 12.3 Å². The number of aliphatic carboxylic acids is 1. The second kappa shape index (κ2) is 4.84. The van der Waals surface area contributed by atoms with Gasteiger partial charge in [-0.25, -0.2) is 0 Å². The summed E-state index contributed by atoms with van der Waals surface area (Å²) in [5.74, 6) is -1.28. The van der Waals surface area contributed by atoms with Gasteiger partial charge in [-0.15, -0.1) is 0 Å². The highest BCUT2D eigenvalue weighted by molar-refractivity contribution is 8.39. The molecule has 0 bridgehead atoms. The van der Waals surface area contributed by atoms with Crippen LogP contribution < -0.4 is 0 Å². The van der Waals surface area contributed by atoms with Crippen molar-refractivity contribution in [1.29, 1.82) is 0 Å². The first-order chi connectivity index (χ1) is 6.49. The summed E-state index contributed by atoms with van der Waals surface area (Å²) in [5.41, 5.74) is 0. The lowest BCUT2D eigenvalue weighted by atomic mass is 10.3. The Morgan fingerprint density at radius 2 is 2.36 bits per heavy atom. The lowest BCUT2D eigenvalue weighted by molar-refractivity contribution is -0.138. The number of carboxylic acids is 1. The number of carbonyl (C=O) groups is 2. The Labute approximate surface area is 90.5 Å². The maximum Gasteiger partial charge on any atom is 0.305 e. The molecule has 0 aromatic carbocycles. The fourth-order valence-corrected chi connectivity index (χ4v) is 3.36. The van der Waals surface area contributed by atoms with Crippen LogP contribution in [0.1, 0.15) is 20.3 Å². The van der Waals surface area contributed by atoms with Crippen molar-refractivity contribution < 1.29 is 14.7 Å². The minimum absolute atomic E-state index is 0.144. The van der Waals surface area contributed by atoms with Gasteiger partial charge in [0.1, 0.15) is 9.63 Å². The largest absolute Gasteiger partial charge is 0.481 e. The number of amides is 1. The van der Waals surface area contributed by atoms with Gasteiger partial charge in [-0.2, -0.15) is 4.99 Å². The molecule has 0 spiro atoms. The van der Waals surface area contributed by atoms with Gasteiger partial charge in [0.15, 0.2) is 0 Å². The number of hydrogen-bond donors (Lipinski definition) is 1. The zero-order chi connectivity index (χ0) is 10.7. The second-order valence-electron chi connectivity index (χ2n) is 3.09. The molecule has 0 radical (unpaired) electrons. The van der Waals surface area contributed by atoms with E-state index in [4.69, 9.17) is 5.11 Å². The average molecular weight is 233 g/mol. The molecule has 14 heavy (non-hydrogen) atoms. The Kier molecular flexibility index (Phi) is 4.00. The SMILES string of the molecule is CC(C)SC1=NC(=O)C(CC(=O)O)S1. The van der Waals surface area contributed by atoms with Crippen molar-refractivity contribution in [3.63, 3.8) is 0 Å². The van der Waals surface area contributed by atoms with Crippen molar-refractivity contribution in [3.8, 4) is 0 Å². The average Bonchev–Trinajstić information content (AvgIpc) is 2.28. The number of aliphatic imine (C=N–C) groups is 1. The molecular weight excluding hydrogens is 222 g/mol. The molecule has 0 aromatic heterocycles. The predicted molar refractivity (Wildman–Crippen MR) is 58.8 cm³/mol. The van der Waals surface area contributed by atoms with Crippen LogP contribution in [0, 0.1) is 0 Å². The summed E-state index contributed by atoms with van der Waals surface area (Å²) in [6, 6.07) is 0. The van der Waals surface area contributed by atoms with Crippen molar-refractivity contribution in [2.45, 2.75) is 30.8 Å². The van der Waals surface area contributed by atoms with Crippen LogP contribution in [0.4, 0.5) is 0 Å². The van der Waals surface area contributed by atoms with Crippen molar-refractivity contribution >= 4 is 39.8 Å². The molecule has 4 nitrogen and oxygen atoms in total. The van der Waals surface area contributed by atoms with Gasteiger partial charge < -0.3 is 5.11 Å². The number of carbonyl (C=O) groups excluding carboxylic acids is 1. The van der Waals surface area contributed by atoms with Gasteiger partial charge in [0.2, 0.25) is 0 Å². The minimum atomic E-state index is -0.957. The topological polar surface area (TPSA) is 66.7 Å². The summed E-state index contributed by atoms with van der Waals surface area (Å²) in [7, 11) is 0. The van der Waals surface area contributed by atoms with E-state index in [9.17, 15) is 9.59 Å². The molecule has 1 N–H and O–H groups in total. The molecule has 0 aromatic rings. The first-order valence-corrected chi connectivity index (χ1v) is 5.92. The van der Waals surface area contributed by atoms with Crippen LogP contribution >= 0.6 is 23.5 Å². The Balaban J connectivity index is 2.51. The zero-order valence-corrected chi connectivity index (χ0v) is 9.52. The van der Waals surface area contributed by atoms with Crippen molar-refractivity contribution in [3.05, 3.63) is 0 Å². The van der Waals surface area contributed by atoms with E-state index in [1.54, 1.807) is 0 Å². The van der Waals surface area contributed by atoms with Gasteiger partial charge >= 0.3 is 5.97 Å². The molecule has 1 amide bonds. The third kappa shape index (κ3) is 3.34. The molecular formula is C8H11NO3S2. The highest BCUT2D eigenvalue weighted by atomic mass is 32.2. The molecule has 1 atom stereocenters.